The van der Waals surface area contributed by atoms with Gasteiger partial charge in [-0.05, 0) is 41.5 Å². The Balaban J connectivity index is 4.86. The van der Waals surface area contributed by atoms with Crippen LogP contribution < -0.4 is 0 Å². The molecule has 0 saturated heterocycles. The second-order valence-electron chi connectivity index (χ2n) is 6.07. The van der Waals surface area contributed by atoms with E-state index >= 15 is 0 Å². The molecule has 5 heteroatoms. The zero-order chi connectivity index (χ0) is 15.3. The first-order valence-corrected chi connectivity index (χ1v) is 6.13. The highest BCUT2D eigenvalue weighted by atomic mass is 16.6. The van der Waals surface area contributed by atoms with Crippen LogP contribution in [0, 0.1) is 12.3 Å². The molecule has 0 fully saturated rings. The van der Waals surface area contributed by atoms with Gasteiger partial charge in [-0.3, -0.25) is 0 Å². The van der Waals surface area contributed by atoms with E-state index < -0.39 is 23.4 Å². The van der Waals surface area contributed by atoms with Crippen molar-refractivity contribution in [2.24, 2.45) is 0 Å². The smallest absolute Gasteiger partial charge is 0.419 e. The van der Waals surface area contributed by atoms with Crippen LogP contribution in [0.5, 0.6) is 0 Å². The Morgan fingerprint density at radius 3 is 1.63 bits per heavy atom. The summed E-state index contributed by atoms with van der Waals surface area (Å²) >= 11 is 0. The minimum atomic E-state index is -0.753. The van der Waals surface area contributed by atoms with Crippen molar-refractivity contribution >= 4 is 12.2 Å². The number of hydrogen-bond donors (Lipinski definition) is 0. The van der Waals surface area contributed by atoms with Gasteiger partial charge in [0.25, 0.3) is 0 Å². The topological polar surface area (TPSA) is 55.8 Å². The van der Waals surface area contributed by atoms with Gasteiger partial charge in [0.15, 0.2) is 0 Å². The summed E-state index contributed by atoms with van der Waals surface area (Å²) in [6, 6.07) is 0. The number of rotatable bonds is 2. The third-order valence-corrected chi connectivity index (χ3v) is 1.71. The molecule has 0 radical (unpaired) electrons. The van der Waals surface area contributed by atoms with Crippen molar-refractivity contribution in [3.05, 3.63) is 0 Å². The largest absolute Gasteiger partial charge is 0.443 e. The summed E-state index contributed by atoms with van der Waals surface area (Å²) in [4.78, 5) is 24.7. The number of nitrogens with zero attached hydrogens (tertiary/aromatic N) is 1. The van der Waals surface area contributed by atoms with E-state index in [9.17, 15) is 9.59 Å². The predicted octanol–water partition coefficient (Wildman–Crippen LogP) is 3.18. The van der Waals surface area contributed by atoms with E-state index in [0.717, 1.165) is 4.90 Å². The summed E-state index contributed by atoms with van der Waals surface area (Å²) in [5, 5.41) is 0. The van der Waals surface area contributed by atoms with Gasteiger partial charge in [0.05, 0.1) is 0 Å². The van der Waals surface area contributed by atoms with Crippen LogP contribution in [0.4, 0.5) is 9.59 Å². The van der Waals surface area contributed by atoms with E-state index in [1.165, 1.54) is 0 Å². The minimum absolute atomic E-state index is 0.0698. The molecule has 0 aliphatic rings. The van der Waals surface area contributed by atoms with Gasteiger partial charge in [-0.1, -0.05) is 0 Å². The molecule has 0 aromatic carbocycles. The maximum Gasteiger partial charge on any atom is 0.419 e. The van der Waals surface area contributed by atoms with Crippen molar-refractivity contribution in [1.29, 1.82) is 0 Å². The normalized spacial score (nSPS) is 11.4. The fourth-order valence-electron chi connectivity index (χ4n) is 1.07. The molecule has 0 aromatic heterocycles. The highest BCUT2D eigenvalue weighted by molar-refractivity contribution is 5.88. The molecule has 0 rings (SSSR count). The first kappa shape index (κ1) is 17.3. The molecule has 0 bridgehead atoms. The van der Waals surface area contributed by atoms with Gasteiger partial charge in [0.1, 0.15) is 11.2 Å². The fraction of sp³-hybridized carbons (Fsp3) is 0.714. The fourth-order valence-corrected chi connectivity index (χ4v) is 1.07. The molecule has 19 heavy (non-hydrogen) atoms. The number of terminal acetylenes is 1. The van der Waals surface area contributed by atoms with Gasteiger partial charge in [-0.15, -0.1) is 12.3 Å². The van der Waals surface area contributed by atoms with E-state index in [2.05, 4.69) is 5.92 Å². The van der Waals surface area contributed by atoms with Crippen molar-refractivity contribution in [3.8, 4) is 12.3 Å². The molecule has 0 N–H and O–H groups in total. The van der Waals surface area contributed by atoms with Gasteiger partial charge >= 0.3 is 12.2 Å². The van der Waals surface area contributed by atoms with Crippen molar-refractivity contribution in [1.82, 2.24) is 4.90 Å². The number of imide groups is 1. The minimum Gasteiger partial charge on any atom is -0.443 e. The summed E-state index contributed by atoms with van der Waals surface area (Å²) in [6.45, 7) is 10.4. The van der Waals surface area contributed by atoms with Crippen LogP contribution in [0.25, 0.3) is 0 Å². The Bertz CT molecular complexity index is 340. The number of carbonyl (C=O) groups is 2. The Morgan fingerprint density at radius 2 is 1.37 bits per heavy atom. The quantitative estimate of drug-likeness (QED) is 0.722. The van der Waals surface area contributed by atoms with E-state index in [0.29, 0.717) is 0 Å². The van der Waals surface area contributed by atoms with Crippen LogP contribution in [0.3, 0.4) is 0 Å². The van der Waals surface area contributed by atoms with Gasteiger partial charge in [0, 0.05) is 13.0 Å². The number of carbonyl (C=O) groups excluding carboxylic acids is 2. The van der Waals surface area contributed by atoms with Gasteiger partial charge in [0.2, 0.25) is 0 Å². The molecule has 0 unspecified atom stereocenters. The number of hydrogen-bond acceptors (Lipinski definition) is 4. The highest BCUT2D eigenvalue weighted by Crippen LogP contribution is 2.14. The highest BCUT2D eigenvalue weighted by Gasteiger charge is 2.30. The van der Waals surface area contributed by atoms with Gasteiger partial charge in [-0.2, -0.15) is 0 Å². The summed E-state index contributed by atoms with van der Waals surface area (Å²) in [6.07, 6.45) is 3.89. The van der Waals surface area contributed by atoms with Crippen molar-refractivity contribution < 1.29 is 19.1 Å². The van der Waals surface area contributed by atoms with Crippen molar-refractivity contribution in [2.75, 3.05) is 6.54 Å². The van der Waals surface area contributed by atoms with E-state index in [4.69, 9.17) is 15.9 Å². The second-order valence-corrected chi connectivity index (χ2v) is 6.07. The number of ether oxygens (including phenoxy) is 2. The first-order valence-electron chi connectivity index (χ1n) is 6.13. The average molecular weight is 269 g/mol. The lowest BCUT2D eigenvalue weighted by atomic mass is 10.2. The van der Waals surface area contributed by atoms with Crippen LogP contribution >= 0.6 is 0 Å². The molecule has 0 aliphatic heterocycles. The maximum absolute atomic E-state index is 11.9. The van der Waals surface area contributed by atoms with Crippen molar-refractivity contribution in [2.45, 2.75) is 59.2 Å². The molecular weight excluding hydrogens is 246 g/mol. The Morgan fingerprint density at radius 1 is 1.00 bits per heavy atom. The summed E-state index contributed by atoms with van der Waals surface area (Å²) in [5.41, 5.74) is -1.37. The molecular formula is C14H23NO4. The van der Waals surface area contributed by atoms with Crippen LogP contribution in [0.1, 0.15) is 48.0 Å². The standard InChI is InChI=1S/C14H23NO4/c1-8-9-10-15(11(16)18-13(2,3)4)12(17)19-14(5,6)7/h1H,9-10H2,2-7H3. The molecule has 5 nitrogen and oxygen atoms in total. The van der Waals surface area contributed by atoms with E-state index in [1.54, 1.807) is 41.5 Å². The van der Waals surface area contributed by atoms with Gasteiger partial charge < -0.3 is 9.47 Å². The predicted molar refractivity (Wildman–Crippen MR) is 72.6 cm³/mol. The molecule has 108 valence electrons. The van der Waals surface area contributed by atoms with Crippen LogP contribution in [-0.4, -0.2) is 34.8 Å². The zero-order valence-electron chi connectivity index (χ0n) is 12.6. The summed E-state index contributed by atoms with van der Waals surface area (Å²) in [5.74, 6) is 2.38. The second kappa shape index (κ2) is 6.46. The third-order valence-electron chi connectivity index (χ3n) is 1.71. The van der Waals surface area contributed by atoms with Crippen molar-refractivity contribution in [3.63, 3.8) is 0 Å². The Labute approximate surface area is 115 Å². The van der Waals surface area contributed by atoms with E-state index in [1.807, 2.05) is 0 Å². The summed E-state index contributed by atoms with van der Waals surface area (Å²) in [7, 11) is 0. The average Bonchev–Trinajstić information content (AvgIpc) is 2.12. The Hall–Kier alpha value is -1.70. The SMILES string of the molecule is C#CCCN(C(=O)OC(C)(C)C)C(=O)OC(C)(C)C. The lowest BCUT2D eigenvalue weighted by Gasteiger charge is -2.28. The molecule has 2 amide bonds. The van der Waals surface area contributed by atoms with Crippen LogP contribution in [-0.2, 0) is 9.47 Å². The number of amides is 2. The Kier molecular flexibility index (Phi) is 5.88. The third kappa shape index (κ3) is 8.09. The van der Waals surface area contributed by atoms with Crippen LogP contribution in [0.15, 0.2) is 0 Å². The molecule has 0 atom stereocenters. The van der Waals surface area contributed by atoms with Gasteiger partial charge in [-0.25, -0.2) is 14.5 Å². The lowest BCUT2D eigenvalue weighted by Crippen LogP contribution is -2.44. The summed E-state index contributed by atoms with van der Waals surface area (Å²) < 4.78 is 10.3. The monoisotopic (exact) mass is 269 g/mol. The lowest BCUT2D eigenvalue weighted by molar-refractivity contribution is 0.00192. The molecule has 0 aliphatic carbocycles. The first-order chi connectivity index (χ1) is 8.46. The van der Waals surface area contributed by atoms with Crippen LogP contribution in [0.2, 0.25) is 0 Å². The molecule has 0 heterocycles. The van der Waals surface area contributed by atoms with E-state index in [-0.39, 0.29) is 13.0 Å². The molecule has 0 aromatic rings. The maximum atomic E-state index is 11.9. The zero-order valence-corrected chi connectivity index (χ0v) is 12.6. The molecule has 0 saturated carbocycles. The molecule has 0 spiro atoms.